The number of amides is 2. The number of rotatable bonds is 5. The van der Waals surface area contributed by atoms with Crippen molar-refractivity contribution < 1.29 is 9.59 Å². The summed E-state index contributed by atoms with van der Waals surface area (Å²) in [6.07, 6.45) is 1.70. The second-order valence-corrected chi connectivity index (χ2v) is 6.96. The fraction of sp³-hybridized carbons (Fsp3) is 0.875. The highest BCUT2D eigenvalue weighted by Gasteiger charge is 2.43. The lowest BCUT2D eigenvalue weighted by molar-refractivity contribution is -0.140. The first kappa shape index (κ1) is 17.0. The second-order valence-electron chi connectivity index (χ2n) is 6.96. The standard InChI is InChI=1S/C16H30N2O2/c1-7-16(8-2)14(20)18(10-9-13(19)17-16)11-15(5,6)12(3)4/h12H,7-11H2,1-6H3,(H,17,19). The van der Waals surface area contributed by atoms with Crippen LogP contribution in [-0.4, -0.2) is 35.3 Å². The van der Waals surface area contributed by atoms with Crippen molar-refractivity contribution in [2.24, 2.45) is 11.3 Å². The van der Waals surface area contributed by atoms with Gasteiger partial charge in [0.2, 0.25) is 11.8 Å². The summed E-state index contributed by atoms with van der Waals surface area (Å²) in [5.41, 5.74) is -0.656. The summed E-state index contributed by atoms with van der Waals surface area (Å²) in [7, 11) is 0. The van der Waals surface area contributed by atoms with Gasteiger partial charge in [0.05, 0.1) is 0 Å². The van der Waals surface area contributed by atoms with Crippen LogP contribution < -0.4 is 5.32 Å². The van der Waals surface area contributed by atoms with E-state index in [2.05, 4.69) is 33.0 Å². The highest BCUT2D eigenvalue weighted by molar-refractivity contribution is 5.93. The molecule has 0 aromatic rings. The zero-order valence-electron chi connectivity index (χ0n) is 13.9. The van der Waals surface area contributed by atoms with Gasteiger partial charge in [-0.3, -0.25) is 9.59 Å². The van der Waals surface area contributed by atoms with Gasteiger partial charge in [-0.2, -0.15) is 0 Å². The number of hydrogen-bond acceptors (Lipinski definition) is 2. The molecule has 1 N–H and O–H groups in total. The molecular weight excluding hydrogens is 252 g/mol. The molecule has 1 aliphatic rings. The molecule has 4 nitrogen and oxygen atoms in total. The molecule has 1 fully saturated rings. The molecule has 1 heterocycles. The average molecular weight is 282 g/mol. The second kappa shape index (κ2) is 6.15. The van der Waals surface area contributed by atoms with Gasteiger partial charge in [-0.1, -0.05) is 41.5 Å². The molecular formula is C16H30N2O2. The molecule has 20 heavy (non-hydrogen) atoms. The third kappa shape index (κ3) is 3.33. The number of nitrogens with zero attached hydrogens (tertiary/aromatic N) is 1. The monoisotopic (exact) mass is 282 g/mol. The van der Waals surface area contributed by atoms with Crippen molar-refractivity contribution in [3.05, 3.63) is 0 Å². The molecule has 0 unspecified atom stereocenters. The lowest BCUT2D eigenvalue weighted by Gasteiger charge is -2.39. The Morgan fingerprint density at radius 3 is 2.25 bits per heavy atom. The van der Waals surface area contributed by atoms with Crippen LogP contribution in [0.25, 0.3) is 0 Å². The maximum Gasteiger partial charge on any atom is 0.248 e. The maximum atomic E-state index is 12.9. The molecule has 0 atom stereocenters. The Morgan fingerprint density at radius 2 is 1.80 bits per heavy atom. The van der Waals surface area contributed by atoms with E-state index in [0.29, 0.717) is 38.3 Å². The van der Waals surface area contributed by atoms with Gasteiger partial charge in [0.15, 0.2) is 0 Å². The van der Waals surface area contributed by atoms with E-state index in [4.69, 9.17) is 0 Å². The summed E-state index contributed by atoms with van der Waals surface area (Å²) in [5.74, 6) is 0.564. The molecule has 0 aliphatic carbocycles. The summed E-state index contributed by atoms with van der Waals surface area (Å²) < 4.78 is 0. The Bertz CT molecular complexity index is 371. The lowest BCUT2D eigenvalue weighted by atomic mass is 9.80. The molecule has 1 rings (SSSR count). The van der Waals surface area contributed by atoms with Crippen LogP contribution >= 0.6 is 0 Å². The van der Waals surface area contributed by atoms with Gasteiger partial charge in [0.1, 0.15) is 5.54 Å². The normalized spacial score (nSPS) is 20.1. The van der Waals surface area contributed by atoms with Crippen LogP contribution in [0.2, 0.25) is 0 Å². The first-order valence-electron chi connectivity index (χ1n) is 7.79. The van der Waals surface area contributed by atoms with Crippen molar-refractivity contribution in [2.45, 2.75) is 66.3 Å². The largest absolute Gasteiger partial charge is 0.342 e. The van der Waals surface area contributed by atoms with E-state index in [-0.39, 0.29) is 17.2 Å². The van der Waals surface area contributed by atoms with E-state index in [1.54, 1.807) is 0 Å². The first-order valence-corrected chi connectivity index (χ1v) is 7.79. The number of carbonyl (C=O) groups excluding carboxylic acids is 2. The van der Waals surface area contributed by atoms with Gasteiger partial charge >= 0.3 is 0 Å². The number of hydrogen-bond donors (Lipinski definition) is 1. The van der Waals surface area contributed by atoms with Crippen LogP contribution in [-0.2, 0) is 9.59 Å². The van der Waals surface area contributed by atoms with E-state index in [1.165, 1.54) is 0 Å². The molecule has 1 aliphatic heterocycles. The Kier molecular flexibility index (Phi) is 5.22. The Morgan fingerprint density at radius 1 is 1.25 bits per heavy atom. The van der Waals surface area contributed by atoms with Crippen molar-refractivity contribution in [2.75, 3.05) is 13.1 Å². The quantitative estimate of drug-likeness (QED) is 0.842. The molecule has 0 saturated carbocycles. The highest BCUT2D eigenvalue weighted by Crippen LogP contribution is 2.30. The van der Waals surface area contributed by atoms with Gasteiger partial charge in [0.25, 0.3) is 0 Å². The van der Waals surface area contributed by atoms with Crippen LogP contribution in [0.3, 0.4) is 0 Å². The summed E-state index contributed by atoms with van der Waals surface area (Å²) >= 11 is 0. The topological polar surface area (TPSA) is 49.4 Å². The average Bonchev–Trinajstić information content (AvgIpc) is 2.50. The van der Waals surface area contributed by atoms with Crippen molar-refractivity contribution >= 4 is 11.8 Å². The van der Waals surface area contributed by atoms with Crippen LogP contribution in [0.5, 0.6) is 0 Å². The minimum Gasteiger partial charge on any atom is -0.342 e. The summed E-state index contributed by atoms with van der Waals surface area (Å²) in [6, 6.07) is 0. The van der Waals surface area contributed by atoms with Gasteiger partial charge < -0.3 is 10.2 Å². The minimum atomic E-state index is -0.708. The van der Waals surface area contributed by atoms with Crippen molar-refractivity contribution in [1.29, 1.82) is 0 Å². The summed E-state index contributed by atoms with van der Waals surface area (Å²) in [4.78, 5) is 26.7. The third-order valence-corrected chi connectivity index (χ3v) is 5.05. The molecule has 0 spiro atoms. The number of nitrogens with one attached hydrogen (secondary N) is 1. The number of carbonyl (C=O) groups is 2. The van der Waals surface area contributed by atoms with E-state index in [0.717, 1.165) is 0 Å². The lowest BCUT2D eigenvalue weighted by Crippen LogP contribution is -2.57. The Hall–Kier alpha value is -1.06. The fourth-order valence-electron chi connectivity index (χ4n) is 2.58. The maximum absolute atomic E-state index is 12.9. The zero-order chi connectivity index (χ0) is 15.6. The molecule has 2 amide bonds. The SMILES string of the molecule is CCC1(CC)NC(=O)CCN(CC(C)(C)C(C)C)C1=O. The van der Waals surface area contributed by atoms with Crippen LogP contribution in [0, 0.1) is 11.3 Å². The summed E-state index contributed by atoms with van der Waals surface area (Å²) in [6.45, 7) is 13.9. The predicted molar refractivity (Wildman–Crippen MR) is 81.3 cm³/mol. The van der Waals surface area contributed by atoms with E-state index < -0.39 is 5.54 Å². The molecule has 116 valence electrons. The molecule has 0 aromatic heterocycles. The van der Waals surface area contributed by atoms with Crippen LogP contribution in [0.4, 0.5) is 0 Å². The molecule has 0 radical (unpaired) electrons. The Balaban J connectivity index is 3.02. The first-order chi connectivity index (χ1) is 9.18. The molecule has 4 heteroatoms. The van der Waals surface area contributed by atoms with Gasteiger partial charge in [0, 0.05) is 19.5 Å². The Labute approximate surface area is 123 Å². The van der Waals surface area contributed by atoms with Crippen molar-refractivity contribution in [1.82, 2.24) is 10.2 Å². The minimum absolute atomic E-state index is 0.00750. The van der Waals surface area contributed by atoms with Crippen LogP contribution in [0.1, 0.15) is 60.8 Å². The summed E-state index contributed by atoms with van der Waals surface area (Å²) in [5, 5.41) is 2.96. The fourth-order valence-corrected chi connectivity index (χ4v) is 2.58. The van der Waals surface area contributed by atoms with Gasteiger partial charge in [-0.25, -0.2) is 0 Å². The molecule has 0 bridgehead atoms. The van der Waals surface area contributed by atoms with Crippen LogP contribution in [0.15, 0.2) is 0 Å². The van der Waals surface area contributed by atoms with E-state index >= 15 is 0 Å². The van der Waals surface area contributed by atoms with Gasteiger partial charge in [-0.15, -0.1) is 0 Å². The van der Waals surface area contributed by atoms with Crippen molar-refractivity contribution in [3.8, 4) is 0 Å². The predicted octanol–water partition coefficient (Wildman–Crippen LogP) is 2.58. The van der Waals surface area contributed by atoms with Gasteiger partial charge in [-0.05, 0) is 24.2 Å². The van der Waals surface area contributed by atoms with E-state index in [9.17, 15) is 9.59 Å². The smallest absolute Gasteiger partial charge is 0.248 e. The van der Waals surface area contributed by atoms with Crippen molar-refractivity contribution in [3.63, 3.8) is 0 Å². The molecule has 1 saturated heterocycles. The van der Waals surface area contributed by atoms with E-state index in [1.807, 2.05) is 18.7 Å². The highest BCUT2D eigenvalue weighted by atomic mass is 16.2. The molecule has 0 aromatic carbocycles. The zero-order valence-corrected chi connectivity index (χ0v) is 13.9. The third-order valence-electron chi connectivity index (χ3n) is 5.05.